The first kappa shape index (κ1) is 27.2. The van der Waals surface area contributed by atoms with E-state index in [-0.39, 0.29) is 24.2 Å². The van der Waals surface area contributed by atoms with E-state index in [1.807, 2.05) is 23.6 Å². The number of carbonyl (C=O) groups is 2. The molecule has 37 heavy (non-hydrogen) atoms. The molecule has 4 rings (SSSR count). The molecule has 3 aromatic rings. The van der Waals surface area contributed by atoms with Crippen LogP contribution in [0.5, 0.6) is 5.75 Å². The van der Waals surface area contributed by atoms with E-state index in [1.165, 1.54) is 23.1 Å². The number of aromatic nitrogens is 3. The van der Waals surface area contributed by atoms with Gasteiger partial charge in [0.1, 0.15) is 10.8 Å². The number of allylic oxidation sites excluding steroid dienone is 1. The van der Waals surface area contributed by atoms with Gasteiger partial charge in [0.15, 0.2) is 17.1 Å². The fraction of sp³-hybridized carbons (Fsp3) is 0.385. The second-order valence-electron chi connectivity index (χ2n) is 8.43. The molecule has 11 heteroatoms. The first-order chi connectivity index (χ1) is 17.9. The number of carbonyl (C=O) groups excluding carboxylic acids is 2. The quantitative estimate of drug-likeness (QED) is 0.172. The molecule has 1 amide bonds. The summed E-state index contributed by atoms with van der Waals surface area (Å²) in [7, 11) is 0. The van der Waals surface area contributed by atoms with Gasteiger partial charge in [0, 0.05) is 16.4 Å². The fourth-order valence-corrected chi connectivity index (χ4v) is 6.40. The number of ether oxygens (including phenoxy) is 2. The van der Waals surface area contributed by atoms with Crippen LogP contribution in [0.4, 0.5) is 5.00 Å². The summed E-state index contributed by atoms with van der Waals surface area (Å²) in [4.78, 5) is 26.7. The highest BCUT2D eigenvalue weighted by atomic mass is 35.5. The summed E-state index contributed by atoms with van der Waals surface area (Å²) in [5.41, 5.74) is 1.52. The zero-order valence-electron chi connectivity index (χ0n) is 20.8. The minimum Gasteiger partial charge on any atom is -0.483 e. The summed E-state index contributed by atoms with van der Waals surface area (Å²) in [5.74, 6) is 0.723. The number of esters is 1. The Morgan fingerprint density at radius 1 is 1.32 bits per heavy atom. The van der Waals surface area contributed by atoms with Gasteiger partial charge in [-0.25, -0.2) is 4.79 Å². The van der Waals surface area contributed by atoms with Crippen LogP contribution in [0.3, 0.4) is 0 Å². The molecule has 0 saturated heterocycles. The molecule has 2 heterocycles. The number of hydrogen-bond donors (Lipinski definition) is 1. The number of nitrogens with one attached hydrogen (secondary N) is 1. The predicted octanol–water partition coefficient (Wildman–Crippen LogP) is 6.11. The Labute approximate surface area is 229 Å². The number of benzene rings is 1. The van der Waals surface area contributed by atoms with Gasteiger partial charge in [-0.15, -0.1) is 28.1 Å². The second kappa shape index (κ2) is 12.6. The van der Waals surface area contributed by atoms with Crippen LogP contribution in [0.2, 0.25) is 5.02 Å². The number of rotatable bonds is 11. The van der Waals surface area contributed by atoms with Gasteiger partial charge < -0.3 is 14.8 Å². The number of hydrogen-bond acceptors (Lipinski definition) is 8. The zero-order valence-corrected chi connectivity index (χ0v) is 23.2. The lowest BCUT2D eigenvalue weighted by molar-refractivity contribution is -0.113. The van der Waals surface area contributed by atoms with Gasteiger partial charge in [-0.05, 0) is 63.3 Å². The van der Waals surface area contributed by atoms with Crippen LogP contribution in [-0.2, 0) is 28.9 Å². The Kier molecular flexibility index (Phi) is 9.28. The topological polar surface area (TPSA) is 95.3 Å². The van der Waals surface area contributed by atoms with E-state index >= 15 is 0 Å². The summed E-state index contributed by atoms with van der Waals surface area (Å²) in [6, 6.07) is 7.15. The van der Waals surface area contributed by atoms with Crippen molar-refractivity contribution >= 4 is 51.6 Å². The molecule has 1 N–H and O–H groups in total. The van der Waals surface area contributed by atoms with Crippen molar-refractivity contribution in [3.8, 4) is 5.75 Å². The lowest BCUT2D eigenvalue weighted by Crippen LogP contribution is -2.17. The molecule has 0 spiro atoms. The number of anilines is 1. The molecule has 0 fully saturated rings. The van der Waals surface area contributed by atoms with Crippen LogP contribution in [0.1, 0.15) is 59.4 Å². The van der Waals surface area contributed by atoms with Crippen LogP contribution < -0.4 is 10.1 Å². The van der Waals surface area contributed by atoms with Crippen LogP contribution in [0.25, 0.3) is 0 Å². The van der Waals surface area contributed by atoms with E-state index in [1.54, 1.807) is 25.1 Å². The van der Waals surface area contributed by atoms with Crippen LogP contribution in [0, 0.1) is 0 Å². The number of thiophene rings is 1. The molecule has 1 aromatic carbocycles. The first-order valence-corrected chi connectivity index (χ1v) is 14.3. The summed E-state index contributed by atoms with van der Waals surface area (Å²) in [6.45, 7) is 8.23. The summed E-state index contributed by atoms with van der Waals surface area (Å²) < 4.78 is 13.2. The number of thioether (sulfide) groups is 1. The van der Waals surface area contributed by atoms with E-state index in [0.717, 1.165) is 36.1 Å². The van der Waals surface area contributed by atoms with Crippen molar-refractivity contribution in [3.63, 3.8) is 0 Å². The Balaban J connectivity index is 1.46. The maximum atomic E-state index is 12.9. The predicted molar refractivity (Wildman–Crippen MR) is 147 cm³/mol. The molecule has 0 bridgehead atoms. The smallest absolute Gasteiger partial charge is 0.341 e. The highest BCUT2D eigenvalue weighted by Gasteiger charge is 2.27. The minimum atomic E-state index is -0.404. The van der Waals surface area contributed by atoms with Gasteiger partial charge in [0.25, 0.3) is 0 Å². The molecule has 1 unspecified atom stereocenters. The SMILES string of the molecule is C=CCn1c(SCC(=O)Nc2sc3c(c2C(=O)OCC)CCCC3)nnc1C(C)Oc1cccc(Cl)c1. The molecule has 0 aliphatic heterocycles. The van der Waals surface area contributed by atoms with Crippen LogP contribution in [0.15, 0.2) is 42.1 Å². The van der Waals surface area contributed by atoms with Gasteiger partial charge in [-0.3, -0.25) is 9.36 Å². The van der Waals surface area contributed by atoms with Crippen molar-refractivity contribution in [1.29, 1.82) is 0 Å². The fourth-order valence-electron chi connectivity index (χ4n) is 4.17. The monoisotopic (exact) mass is 560 g/mol. The number of aryl methyl sites for hydroxylation is 1. The van der Waals surface area contributed by atoms with Gasteiger partial charge in [0.2, 0.25) is 5.91 Å². The average molecular weight is 561 g/mol. The van der Waals surface area contributed by atoms with Gasteiger partial charge >= 0.3 is 5.97 Å². The molecule has 1 aliphatic rings. The Hall–Kier alpha value is -2.82. The maximum absolute atomic E-state index is 12.9. The zero-order chi connectivity index (χ0) is 26.4. The first-order valence-electron chi connectivity index (χ1n) is 12.1. The van der Waals surface area contributed by atoms with E-state index in [2.05, 4.69) is 22.1 Å². The maximum Gasteiger partial charge on any atom is 0.341 e. The molecule has 1 aliphatic carbocycles. The molecule has 196 valence electrons. The molecule has 1 atom stereocenters. The standard InChI is InChI=1S/C26H29ClN4O4S2/c1-4-13-31-23(16(3)35-18-10-8-9-17(27)14-18)29-30-26(31)36-15-21(32)28-24-22(25(33)34-5-2)19-11-6-7-12-20(19)37-24/h4,8-10,14,16H,1,5-7,11-13,15H2,2-3H3,(H,28,32). The Morgan fingerprint density at radius 2 is 2.14 bits per heavy atom. The third kappa shape index (κ3) is 6.55. The molecule has 8 nitrogen and oxygen atoms in total. The second-order valence-corrected chi connectivity index (χ2v) is 10.9. The average Bonchev–Trinajstić information content (AvgIpc) is 3.44. The summed E-state index contributed by atoms with van der Waals surface area (Å²) >= 11 is 8.80. The van der Waals surface area contributed by atoms with Crippen molar-refractivity contribution < 1.29 is 19.1 Å². The van der Waals surface area contributed by atoms with E-state index in [4.69, 9.17) is 21.1 Å². The van der Waals surface area contributed by atoms with E-state index in [9.17, 15) is 9.59 Å². The number of amides is 1. The molecule has 0 radical (unpaired) electrons. The van der Waals surface area contributed by atoms with Crippen LogP contribution >= 0.6 is 34.7 Å². The van der Waals surface area contributed by atoms with Gasteiger partial charge in [-0.1, -0.05) is 35.5 Å². The van der Waals surface area contributed by atoms with Gasteiger partial charge in [-0.2, -0.15) is 0 Å². The highest BCUT2D eigenvalue weighted by molar-refractivity contribution is 7.99. The highest BCUT2D eigenvalue weighted by Crippen LogP contribution is 2.38. The largest absolute Gasteiger partial charge is 0.483 e. The lowest BCUT2D eigenvalue weighted by Gasteiger charge is -2.16. The Bertz CT molecular complexity index is 1290. The van der Waals surface area contributed by atoms with Gasteiger partial charge in [0.05, 0.1) is 17.9 Å². The third-order valence-corrected chi connectivity index (χ3v) is 8.17. The molecule has 0 saturated carbocycles. The Morgan fingerprint density at radius 3 is 2.89 bits per heavy atom. The number of halogens is 1. The summed E-state index contributed by atoms with van der Waals surface area (Å²) in [5, 5.41) is 13.3. The van der Waals surface area contributed by atoms with Crippen LogP contribution in [-0.4, -0.2) is 39.0 Å². The molecule has 2 aromatic heterocycles. The van der Waals surface area contributed by atoms with Crippen molar-refractivity contribution in [1.82, 2.24) is 14.8 Å². The van der Waals surface area contributed by atoms with Crippen molar-refractivity contribution in [3.05, 3.63) is 63.8 Å². The number of fused-ring (bicyclic) bond motifs is 1. The van der Waals surface area contributed by atoms with Crippen molar-refractivity contribution in [2.75, 3.05) is 17.7 Å². The third-order valence-electron chi connectivity index (χ3n) is 5.77. The normalized spacial score (nSPS) is 13.5. The van der Waals surface area contributed by atoms with E-state index < -0.39 is 6.10 Å². The molecular formula is C26H29ClN4O4S2. The molecular weight excluding hydrogens is 532 g/mol. The van der Waals surface area contributed by atoms with Crippen molar-refractivity contribution in [2.24, 2.45) is 0 Å². The lowest BCUT2D eigenvalue weighted by atomic mass is 9.95. The number of nitrogens with zero attached hydrogens (tertiary/aromatic N) is 3. The van der Waals surface area contributed by atoms with E-state index in [0.29, 0.717) is 38.9 Å². The summed E-state index contributed by atoms with van der Waals surface area (Å²) in [6.07, 6.45) is 5.19. The minimum absolute atomic E-state index is 0.101. The van der Waals surface area contributed by atoms with Crippen molar-refractivity contribution in [2.45, 2.75) is 57.3 Å².